The molecule has 0 spiro atoms. The van der Waals surface area contributed by atoms with Crippen molar-refractivity contribution in [2.45, 2.75) is 30.7 Å². The molecule has 2 rings (SSSR count). The first-order valence-corrected chi connectivity index (χ1v) is 7.82. The smallest absolute Gasteiger partial charge is 0.244 e. The minimum Gasteiger partial charge on any atom is -0.496 e. The van der Waals surface area contributed by atoms with Gasteiger partial charge in [-0.1, -0.05) is 0 Å². The van der Waals surface area contributed by atoms with Crippen molar-refractivity contribution in [1.29, 1.82) is 0 Å². The minimum absolute atomic E-state index is 0.0468. The van der Waals surface area contributed by atoms with Crippen LogP contribution in [0.5, 0.6) is 5.75 Å². The van der Waals surface area contributed by atoms with Gasteiger partial charge in [0.25, 0.3) is 0 Å². The Kier molecular flexibility index (Phi) is 4.29. The number of ether oxygens (including phenoxy) is 1. The van der Waals surface area contributed by atoms with Crippen LogP contribution in [0, 0.1) is 6.92 Å². The standard InChI is InChI=1S/C13H16N2O5S/c1-8-7-9(3-5-11(8)20-2)21(18,19)15-10-4-6-12(16)14-13(10)17/h3,5,7,10,15H,4,6H2,1-2H3,(H,14,16,17). The Bertz CT molecular complexity index is 684. The van der Waals surface area contributed by atoms with Crippen LogP contribution in [0.4, 0.5) is 0 Å². The molecule has 1 aromatic carbocycles. The number of amides is 2. The van der Waals surface area contributed by atoms with E-state index >= 15 is 0 Å². The van der Waals surface area contributed by atoms with Gasteiger partial charge in [0.15, 0.2) is 0 Å². The molecular formula is C13H16N2O5S. The largest absolute Gasteiger partial charge is 0.496 e. The minimum atomic E-state index is -3.84. The molecule has 0 aromatic heterocycles. The molecule has 1 aliphatic heterocycles. The van der Waals surface area contributed by atoms with Crippen molar-refractivity contribution < 1.29 is 22.7 Å². The molecular weight excluding hydrogens is 296 g/mol. The highest BCUT2D eigenvalue weighted by atomic mass is 32.2. The van der Waals surface area contributed by atoms with Crippen molar-refractivity contribution >= 4 is 21.8 Å². The zero-order valence-electron chi connectivity index (χ0n) is 11.7. The number of rotatable bonds is 4. The highest BCUT2D eigenvalue weighted by Crippen LogP contribution is 2.21. The summed E-state index contributed by atoms with van der Waals surface area (Å²) in [5.41, 5.74) is 0.670. The second-order valence-corrected chi connectivity index (χ2v) is 6.47. The molecule has 0 bridgehead atoms. The van der Waals surface area contributed by atoms with E-state index in [1.54, 1.807) is 13.0 Å². The molecule has 1 saturated heterocycles. The summed E-state index contributed by atoms with van der Waals surface area (Å²) >= 11 is 0. The Morgan fingerprint density at radius 3 is 2.62 bits per heavy atom. The number of carbonyl (C=O) groups is 2. The molecule has 0 radical (unpaired) electrons. The van der Waals surface area contributed by atoms with E-state index in [1.807, 2.05) is 0 Å². The molecule has 114 valence electrons. The highest BCUT2D eigenvalue weighted by molar-refractivity contribution is 7.89. The lowest BCUT2D eigenvalue weighted by atomic mass is 10.1. The Morgan fingerprint density at radius 1 is 1.33 bits per heavy atom. The molecule has 2 N–H and O–H groups in total. The Morgan fingerprint density at radius 2 is 2.05 bits per heavy atom. The predicted molar refractivity (Wildman–Crippen MR) is 74.2 cm³/mol. The summed E-state index contributed by atoms with van der Waals surface area (Å²) in [6.07, 6.45) is 0.263. The second-order valence-electron chi connectivity index (χ2n) is 4.76. The van der Waals surface area contributed by atoms with Crippen LogP contribution in [-0.2, 0) is 19.6 Å². The molecule has 2 amide bonds. The quantitative estimate of drug-likeness (QED) is 0.767. The van der Waals surface area contributed by atoms with Gasteiger partial charge in [0.1, 0.15) is 11.8 Å². The van der Waals surface area contributed by atoms with Gasteiger partial charge in [-0.05, 0) is 37.1 Å². The zero-order chi connectivity index (χ0) is 15.6. The third-order valence-electron chi connectivity index (χ3n) is 3.21. The SMILES string of the molecule is COc1ccc(S(=O)(=O)NC2CCC(=O)NC2=O)cc1C. The number of hydrogen-bond acceptors (Lipinski definition) is 5. The highest BCUT2D eigenvalue weighted by Gasteiger charge is 2.30. The van der Waals surface area contributed by atoms with Crippen molar-refractivity contribution in [1.82, 2.24) is 10.0 Å². The lowest BCUT2D eigenvalue weighted by Crippen LogP contribution is -2.52. The fraction of sp³-hybridized carbons (Fsp3) is 0.385. The summed E-state index contributed by atoms with van der Waals surface area (Å²) in [7, 11) is -2.34. The van der Waals surface area contributed by atoms with Crippen molar-refractivity contribution in [2.75, 3.05) is 7.11 Å². The predicted octanol–water partition coefficient (Wildman–Crippen LogP) is 0.0871. The molecule has 1 heterocycles. The monoisotopic (exact) mass is 312 g/mol. The first-order chi connectivity index (χ1) is 9.83. The topological polar surface area (TPSA) is 102 Å². The van der Waals surface area contributed by atoms with Gasteiger partial charge in [-0.25, -0.2) is 8.42 Å². The Balaban J connectivity index is 2.20. The van der Waals surface area contributed by atoms with Crippen LogP contribution in [0.2, 0.25) is 0 Å². The summed E-state index contributed by atoms with van der Waals surface area (Å²) < 4.78 is 31.9. The molecule has 8 heteroatoms. The van der Waals surface area contributed by atoms with E-state index in [9.17, 15) is 18.0 Å². The molecule has 0 saturated carbocycles. The van der Waals surface area contributed by atoms with E-state index in [0.717, 1.165) is 0 Å². The van der Waals surface area contributed by atoms with Crippen LogP contribution in [0.15, 0.2) is 23.1 Å². The lowest BCUT2D eigenvalue weighted by Gasteiger charge is -2.21. The number of aryl methyl sites for hydroxylation is 1. The van der Waals surface area contributed by atoms with Gasteiger partial charge in [-0.15, -0.1) is 0 Å². The summed E-state index contributed by atoms with van der Waals surface area (Å²) in [6.45, 7) is 1.73. The third kappa shape index (κ3) is 3.40. The van der Waals surface area contributed by atoms with Gasteiger partial charge < -0.3 is 4.74 Å². The Hall–Kier alpha value is -1.93. The van der Waals surface area contributed by atoms with E-state index < -0.39 is 27.9 Å². The molecule has 1 unspecified atom stereocenters. The number of hydrogen-bond donors (Lipinski definition) is 2. The van der Waals surface area contributed by atoms with Crippen LogP contribution >= 0.6 is 0 Å². The van der Waals surface area contributed by atoms with Crippen LogP contribution in [-0.4, -0.2) is 33.4 Å². The third-order valence-corrected chi connectivity index (χ3v) is 4.68. The van der Waals surface area contributed by atoms with Gasteiger partial charge in [0, 0.05) is 6.42 Å². The maximum atomic E-state index is 12.3. The maximum Gasteiger partial charge on any atom is 0.244 e. The van der Waals surface area contributed by atoms with Crippen molar-refractivity contribution in [3.63, 3.8) is 0 Å². The molecule has 1 aromatic rings. The molecule has 1 atom stereocenters. The number of nitrogens with one attached hydrogen (secondary N) is 2. The molecule has 0 aliphatic carbocycles. The first kappa shape index (κ1) is 15.5. The summed E-state index contributed by atoms with van der Waals surface area (Å²) in [6, 6.07) is 3.48. The van der Waals surface area contributed by atoms with Crippen LogP contribution in [0.3, 0.4) is 0 Å². The fourth-order valence-electron chi connectivity index (χ4n) is 2.08. The molecule has 1 aliphatic rings. The van der Waals surface area contributed by atoms with Crippen LogP contribution in [0.25, 0.3) is 0 Å². The van der Waals surface area contributed by atoms with Crippen LogP contribution in [0.1, 0.15) is 18.4 Å². The van der Waals surface area contributed by atoms with Gasteiger partial charge in [-0.3, -0.25) is 14.9 Å². The second kappa shape index (κ2) is 5.82. The first-order valence-electron chi connectivity index (χ1n) is 6.34. The Labute approximate surface area is 122 Å². The number of piperidine rings is 1. The van der Waals surface area contributed by atoms with Crippen molar-refractivity contribution in [3.05, 3.63) is 23.8 Å². The number of imide groups is 1. The molecule has 7 nitrogen and oxygen atoms in total. The van der Waals surface area contributed by atoms with E-state index in [0.29, 0.717) is 11.3 Å². The lowest BCUT2D eigenvalue weighted by molar-refractivity contribution is -0.134. The van der Waals surface area contributed by atoms with Crippen molar-refractivity contribution in [2.24, 2.45) is 0 Å². The van der Waals surface area contributed by atoms with Crippen LogP contribution < -0.4 is 14.8 Å². The van der Waals surface area contributed by atoms with E-state index in [2.05, 4.69) is 10.0 Å². The van der Waals surface area contributed by atoms with Crippen molar-refractivity contribution in [3.8, 4) is 5.75 Å². The number of sulfonamides is 1. The normalized spacial score (nSPS) is 19.2. The van der Waals surface area contributed by atoms with E-state index in [1.165, 1.54) is 19.2 Å². The number of benzene rings is 1. The molecule has 21 heavy (non-hydrogen) atoms. The average molecular weight is 312 g/mol. The number of methoxy groups -OCH3 is 1. The van der Waals surface area contributed by atoms with Gasteiger partial charge in [0.2, 0.25) is 21.8 Å². The fourth-order valence-corrected chi connectivity index (χ4v) is 3.39. The molecule has 1 fully saturated rings. The summed E-state index contributed by atoms with van der Waals surface area (Å²) in [4.78, 5) is 22.7. The van der Waals surface area contributed by atoms with Gasteiger partial charge in [-0.2, -0.15) is 4.72 Å². The van der Waals surface area contributed by atoms with E-state index in [4.69, 9.17) is 4.74 Å². The van der Waals surface area contributed by atoms with Gasteiger partial charge >= 0.3 is 0 Å². The zero-order valence-corrected chi connectivity index (χ0v) is 12.5. The maximum absolute atomic E-state index is 12.3. The number of carbonyl (C=O) groups excluding carboxylic acids is 2. The summed E-state index contributed by atoms with van der Waals surface area (Å²) in [5.74, 6) is -0.439. The van der Waals surface area contributed by atoms with Gasteiger partial charge in [0.05, 0.1) is 12.0 Å². The van der Waals surface area contributed by atoms with E-state index in [-0.39, 0.29) is 17.7 Å². The summed E-state index contributed by atoms with van der Waals surface area (Å²) in [5, 5.41) is 2.11. The average Bonchev–Trinajstić information content (AvgIpc) is 2.42.